The van der Waals surface area contributed by atoms with Gasteiger partial charge >= 0.3 is 5.97 Å². The van der Waals surface area contributed by atoms with Gasteiger partial charge in [0.2, 0.25) is 0 Å². The lowest BCUT2D eigenvalue weighted by molar-refractivity contribution is -0.141. The first-order chi connectivity index (χ1) is 10.1. The summed E-state index contributed by atoms with van der Waals surface area (Å²) in [4.78, 5) is 10.9. The maximum Gasteiger partial charge on any atom is 0.308 e. The van der Waals surface area contributed by atoms with E-state index in [9.17, 15) is 4.79 Å². The summed E-state index contributed by atoms with van der Waals surface area (Å²) in [6.07, 6.45) is 0.521. The highest BCUT2D eigenvalue weighted by molar-refractivity contribution is 5.69. The Kier molecular flexibility index (Phi) is 4.86. The van der Waals surface area contributed by atoms with E-state index in [1.165, 1.54) is 4.68 Å². The van der Waals surface area contributed by atoms with E-state index in [0.717, 1.165) is 11.3 Å². The summed E-state index contributed by atoms with van der Waals surface area (Å²) < 4.78 is 7.15. The SMILES string of the molecule is Cc1cccc(OCCc2nnnn2CC(C)C(=O)O)c1. The zero-order chi connectivity index (χ0) is 15.2. The highest BCUT2D eigenvalue weighted by Crippen LogP contribution is 2.12. The molecule has 1 N–H and O–H groups in total. The van der Waals surface area contributed by atoms with Gasteiger partial charge in [-0.25, -0.2) is 4.68 Å². The molecular weight excluding hydrogens is 272 g/mol. The number of carboxylic acids is 1. The topological polar surface area (TPSA) is 90.1 Å². The molecule has 0 saturated heterocycles. The van der Waals surface area contributed by atoms with Gasteiger partial charge in [0.1, 0.15) is 5.75 Å². The smallest absolute Gasteiger partial charge is 0.308 e. The molecule has 1 aromatic heterocycles. The summed E-state index contributed by atoms with van der Waals surface area (Å²) in [6, 6.07) is 7.78. The van der Waals surface area contributed by atoms with E-state index in [1.54, 1.807) is 6.92 Å². The molecule has 2 rings (SSSR count). The molecular formula is C14H18N4O3. The highest BCUT2D eigenvalue weighted by Gasteiger charge is 2.15. The van der Waals surface area contributed by atoms with Crippen LogP contribution in [0.2, 0.25) is 0 Å². The average Bonchev–Trinajstić information content (AvgIpc) is 2.86. The van der Waals surface area contributed by atoms with Crippen LogP contribution in [0.1, 0.15) is 18.3 Å². The molecule has 0 saturated carbocycles. The van der Waals surface area contributed by atoms with Crippen molar-refractivity contribution in [3.05, 3.63) is 35.7 Å². The molecule has 1 aromatic carbocycles. The molecule has 0 spiro atoms. The normalized spacial score (nSPS) is 12.1. The van der Waals surface area contributed by atoms with Crippen molar-refractivity contribution >= 4 is 5.97 Å². The van der Waals surface area contributed by atoms with Crippen LogP contribution in [0.4, 0.5) is 0 Å². The fourth-order valence-electron chi connectivity index (χ4n) is 1.85. The lowest BCUT2D eigenvalue weighted by Crippen LogP contribution is -2.20. The Hall–Kier alpha value is -2.44. The third-order valence-corrected chi connectivity index (χ3v) is 3.06. The van der Waals surface area contributed by atoms with E-state index in [0.29, 0.717) is 18.9 Å². The number of benzene rings is 1. The molecule has 0 aliphatic carbocycles. The molecule has 7 nitrogen and oxygen atoms in total. The maximum atomic E-state index is 10.9. The van der Waals surface area contributed by atoms with E-state index < -0.39 is 11.9 Å². The molecule has 0 aliphatic heterocycles. The van der Waals surface area contributed by atoms with Gasteiger partial charge in [-0.15, -0.1) is 5.10 Å². The van der Waals surface area contributed by atoms with E-state index in [-0.39, 0.29) is 6.54 Å². The predicted octanol–water partition coefficient (Wildman–Crippen LogP) is 1.32. The Morgan fingerprint density at radius 1 is 1.48 bits per heavy atom. The predicted molar refractivity (Wildman–Crippen MR) is 75.0 cm³/mol. The summed E-state index contributed by atoms with van der Waals surface area (Å²) >= 11 is 0. The minimum Gasteiger partial charge on any atom is -0.493 e. The molecule has 1 heterocycles. The van der Waals surface area contributed by atoms with Gasteiger partial charge in [0, 0.05) is 6.42 Å². The fraction of sp³-hybridized carbons (Fsp3) is 0.429. The van der Waals surface area contributed by atoms with Crippen molar-refractivity contribution in [1.82, 2.24) is 20.2 Å². The van der Waals surface area contributed by atoms with Crippen LogP contribution in [0.25, 0.3) is 0 Å². The van der Waals surface area contributed by atoms with Crippen LogP contribution in [-0.4, -0.2) is 37.9 Å². The molecule has 0 fully saturated rings. The van der Waals surface area contributed by atoms with E-state index >= 15 is 0 Å². The lowest BCUT2D eigenvalue weighted by Gasteiger charge is -2.09. The molecule has 7 heteroatoms. The standard InChI is InChI=1S/C14H18N4O3/c1-10-4-3-5-12(8-10)21-7-6-13-15-16-17-18(13)9-11(2)14(19)20/h3-5,8,11H,6-7,9H2,1-2H3,(H,19,20). The molecule has 0 aliphatic rings. The second kappa shape index (κ2) is 6.83. The van der Waals surface area contributed by atoms with Gasteiger partial charge in [-0.2, -0.15) is 0 Å². The molecule has 0 amide bonds. The van der Waals surface area contributed by atoms with Crippen LogP contribution in [0.5, 0.6) is 5.75 Å². The Bertz CT molecular complexity index is 612. The summed E-state index contributed by atoms with van der Waals surface area (Å²) in [5.74, 6) is 0.0149. The fourth-order valence-corrected chi connectivity index (χ4v) is 1.85. The molecule has 21 heavy (non-hydrogen) atoms. The largest absolute Gasteiger partial charge is 0.493 e. The van der Waals surface area contributed by atoms with Crippen LogP contribution in [0.3, 0.4) is 0 Å². The summed E-state index contributed by atoms with van der Waals surface area (Å²) in [5.41, 5.74) is 1.13. The number of carbonyl (C=O) groups is 1. The first kappa shape index (κ1) is 15.0. The average molecular weight is 290 g/mol. The van der Waals surface area contributed by atoms with Crippen molar-refractivity contribution in [2.24, 2.45) is 5.92 Å². The van der Waals surface area contributed by atoms with Gasteiger partial charge in [0.15, 0.2) is 5.82 Å². The third kappa shape index (κ3) is 4.27. The van der Waals surface area contributed by atoms with E-state index in [4.69, 9.17) is 9.84 Å². The van der Waals surface area contributed by atoms with Crippen molar-refractivity contribution in [3.63, 3.8) is 0 Å². The summed E-state index contributed by atoms with van der Waals surface area (Å²) in [7, 11) is 0. The summed E-state index contributed by atoms with van der Waals surface area (Å²) in [6.45, 7) is 4.31. The first-order valence-corrected chi connectivity index (χ1v) is 6.73. The van der Waals surface area contributed by atoms with Crippen LogP contribution in [-0.2, 0) is 17.8 Å². The monoisotopic (exact) mass is 290 g/mol. The third-order valence-electron chi connectivity index (χ3n) is 3.06. The minimum absolute atomic E-state index is 0.252. The van der Waals surface area contributed by atoms with Gasteiger partial charge < -0.3 is 9.84 Å². The number of rotatable bonds is 7. The number of hydrogen-bond acceptors (Lipinski definition) is 5. The molecule has 112 valence electrons. The molecule has 2 aromatic rings. The van der Waals surface area contributed by atoms with Gasteiger partial charge in [-0.3, -0.25) is 4.79 Å². The molecule has 0 radical (unpaired) electrons. The number of aryl methyl sites for hydroxylation is 1. The second-order valence-corrected chi connectivity index (χ2v) is 4.93. The van der Waals surface area contributed by atoms with Crippen molar-refractivity contribution in [1.29, 1.82) is 0 Å². The van der Waals surface area contributed by atoms with E-state index in [2.05, 4.69) is 15.5 Å². The Balaban J connectivity index is 1.89. The van der Waals surface area contributed by atoms with Crippen LogP contribution in [0, 0.1) is 12.8 Å². The van der Waals surface area contributed by atoms with Crippen molar-refractivity contribution in [3.8, 4) is 5.75 Å². The number of tetrazole rings is 1. The van der Waals surface area contributed by atoms with Crippen LogP contribution in [0.15, 0.2) is 24.3 Å². The second-order valence-electron chi connectivity index (χ2n) is 4.93. The quantitative estimate of drug-likeness (QED) is 0.827. The molecule has 0 bridgehead atoms. The minimum atomic E-state index is -0.868. The Labute approximate surface area is 122 Å². The van der Waals surface area contributed by atoms with Crippen LogP contribution < -0.4 is 4.74 Å². The Morgan fingerprint density at radius 3 is 3.00 bits per heavy atom. The van der Waals surface area contributed by atoms with Gasteiger partial charge in [0.25, 0.3) is 0 Å². The zero-order valence-electron chi connectivity index (χ0n) is 12.1. The zero-order valence-corrected chi connectivity index (χ0v) is 12.1. The maximum absolute atomic E-state index is 10.9. The van der Waals surface area contributed by atoms with Crippen molar-refractivity contribution in [2.75, 3.05) is 6.61 Å². The van der Waals surface area contributed by atoms with Gasteiger partial charge in [-0.1, -0.05) is 19.1 Å². The van der Waals surface area contributed by atoms with E-state index in [1.807, 2.05) is 31.2 Å². The van der Waals surface area contributed by atoms with Gasteiger partial charge in [0.05, 0.1) is 19.1 Å². The van der Waals surface area contributed by atoms with Gasteiger partial charge in [-0.05, 0) is 35.0 Å². The van der Waals surface area contributed by atoms with Crippen molar-refractivity contribution in [2.45, 2.75) is 26.8 Å². The molecule has 1 atom stereocenters. The van der Waals surface area contributed by atoms with Crippen LogP contribution >= 0.6 is 0 Å². The highest BCUT2D eigenvalue weighted by atomic mass is 16.5. The number of aliphatic carboxylic acids is 1. The number of ether oxygens (including phenoxy) is 1. The number of nitrogens with zero attached hydrogens (tertiary/aromatic N) is 4. The summed E-state index contributed by atoms with van der Waals surface area (Å²) in [5, 5.41) is 20.2. The molecule has 1 unspecified atom stereocenters. The number of hydrogen-bond donors (Lipinski definition) is 1. The first-order valence-electron chi connectivity index (χ1n) is 6.73. The number of carboxylic acid groups (broad SMARTS) is 1. The van der Waals surface area contributed by atoms with Crippen molar-refractivity contribution < 1.29 is 14.6 Å². The number of aromatic nitrogens is 4. The Morgan fingerprint density at radius 2 is 2.29 bits per heavy atom. The lowest BCUT2D eigenvalue weighted by atomic mass is 10.2.